The molecule has 0 aliphatic carbocycles. The molecule has 188 valence electrons. The maximum Gasteiger partial charge on any atom is 0.411 e. The minimum Gasteiger partial charge on any atom is -0.497 e. The van der Waals surface area contributed by atoms with Crippen molar-refractivity contribution in [1.82, 2.24) is 0 Å². The van der Waals surface area contributed by atoms with Crippen LogP contribution in [0.15, 0.2) is 77.7 Å². The fourth-order valence-electron chi connectivity index (χ4n) is 3.05. The average Bonchev–Trinajstić information content (AvgIpc) is 2.89. The van der Waals surface area contributed by atoms with Crippen molar-refractivity contribution in [2.24, 2.45) is 0 Å². The predicted molar refractivity (Wildman–Crippen MR) is 137 cm³/mol. The first-order chi connectivity index (χ1) is 17.4. The summed E-state index contributed by atoms with van der Waals surface area (Å²) in [6.45, 7) is -0.0675. The number of rotatable bonds is 11. The number of aliphatic carboxylic acids is 1. The molecular formula is C26H26N2O7S. The monoisotopic (exact) mass is 510 g/mol. The van der Waals surface area contributed by atoms with Gasteiger partial charge in [0.05, 0.1) is 20.8 Å². The second kappa shape index (κ2) is 13.1. The first-order valence-corrected chi connectivity index (χ1v) is 11.8. The maximum absolute atomic E-state index is 12.4. The second-order valence-electron chi connectivity index (χ2n) is 7.43. The van der Waals surface area contributed by atoms with Crippen molar-refractivity contribution >= 4 is 41.1 Å². The molecule has 0 fully saturated rings. The number of carboxylic acids is 1. The second-order valence-corrected chi connectivity index (χ2v) is 8.71. The maximum atomic E-state index is 12.4. The van der Waals surface area contributed by atoms with Crippen LogP contribution in [0.4, 0.5) is 16.2 Å². The van der Waals surface area contributed by atoms with Crippen LogP contribution in [-0.2, 0) is 9.53 Å². The van der Waals surface area contributed by atoms with Crippen molar-refractivity contribution in [3.8, 4) is 11.5 Å². The molecule has 0 radical (unpaired) electrons. The highest BCUT2D eigenvalue weighted by atomic mass is 32.2. The quantitative estimate of drug-likeness (QED) is 0.303. The smallest absolute Gasteiger partial charge is 0.411 e. The fourth-order valence-corrected chi connectivity index (χ4v) is 3.98. The SMILES string of the molecule is COc1ccc(NC(=O)OCCC(Sc2ccc(NC(=O)c3ccc(OC)cc3)cc2)C(=O)O)cc1. The van der Waals surface area contributed by atoms with Gasteiger partial charge >= 0.3 is 12.1 Å². The van der Waals surface area contributed by atoms with E-state index in [1.165, 1.54) is 0 Å². The minimum absolute atomic E-state index is 0.0675. The number of amides is 2. The third-order valence-corrected chi connectivity index (χ3v) is 6.23. The Bertz CT molecular complexity index is 1170. The summed E-state index contributed by atoms with van der Waals surface area (Å²) < 4.78 is 15.3. The van der Waals surface area contributed by atoms with E-state index in [-0.39, 0.29) is 18.9 Å². The van der Waals surface area contributed by atoms with E-state index in [1.807, 2.05) is 0 Å². The average molecular weight is 511 g/mol. The molecule has 1 atom stereocenters. The highest BCUT2D eigenvalue weighted by Crippen LogP contribution is 2.27. The third-order valence-electron chi connectivity index (χ3n) is 4.97. The molecule has 0 saturated heterocycles. The number of thioether (sulfide) groups is 1. The van der Waals surface area contributed by atoms with E-state index in [4.69, 9.17) is 14.2 Å². The van der Waals surface area contributed by atoms with E-state index < -0.39 is 17.3 Å². The largest absolute Gasteiger partial charge is 0.497 e. The lowest BCUT2D eigenvalue weighted by Crippen LogP contribution is -2.21. The first kappa shape index (κ1) is 26.4. The van der Waals surface area contributed by atoms with Crippen LogP contribution in [0.1, 0.15) is 16.8 Å². The van der Waals surface area contributed by atoms with Gasteiger partial charge in [0.2, 0.25) is 0 Å². The molecule has 3 N–H and O–H groups in total. The molecule has 2 amide bonds. The van der Waals surface area contributed by atoms with Crippen LogP contribution in [0, 0.1) is 0 Å². The molecule has 0 heterocycles. The summed E-state index contributed by atoms with van der Waals surface area (Å²) in [7, 11) is 3.10. The minimum atomic E-state index is -1.02. The number of carbonyl (C=O) groups excluding carboxylic acids is 2. The topological polar surface area (TPSA) is 123 Å². The standard InChI is InChI=1S/C26H26N2O7S/c1-33-20-9-3-17(4-10-20)24(29)27-18-7-13-22(14-8-18)36-23(25(30)31)15-16-35-26(32)28-19-5-11-21(34-2)12-6-19/h3-14,23H,15-16H2,1-2H3,(H,27,29)(H,28,32)(H,30,31). The number of ether oxygens (including phenoxy) is 3. The Balaban J connectivity index is 1.47. The van der Waals surface area contributed by atoms with Gasteiger partial charge in [0.25, 0.3) is 5.91 Å². The highest BCUT2D eigenvalue weighted by molar-refractivity contribution is 8.00. The molecule has 0 bridgehead atoms. The van der Waals surface area contributed by atoms with Crippen LogP contribution < -0.4 is 20.1 Å². The van der Waals surface area contributed by atoms with Crippen LogP contribution in [0.3, 0.4) is 0 Å². The summed E-state index contributed by atoms with van der Waals surface area (Å²) in [5, 5.41) is 14.1. The van der Waals surface area contributed by atoms with Gasteiger partial charge in [-0.2, -0.15) is 0 Å². The van der Waals surface area contributed by atoms with Crippen molar-refractivity contribution < 1.29 is 33.7 Å². The highest BCUT2D eigenvalue weighted by Gasteiger charge is 2.20. The van der Waals surface area contributed by atoms with E-state index in [9.17, 15) is 19.5 Å². The van der Waals surface area contributed by atoms with Crippen LogP contribution in [-0.4, -0.2) is 49.2 Å². The van der Waals surface area contributed by atoms with Crippen LogP contribution in [0.25, 0.3) is 0 Å². The van der Waals surface area contributed by atoms with Crippen LogP contribution in [0.2, 0.25) is 0 Å². The lowest BCUT2D eigenvalue weighted by atomic mass is 10.2. The summed E-state index contributed by atoms with van der Waals surface area (Å²) in [5.74, 6) is 0.0228. The molecule has 0 aliphatic rings. The number of hydrogen-bond donors (Lipinski definition) is 3. The number of carboxylic acid groups (broad SMARTS) is 1. The van der Waals surface area contributed by atoms with Gasteiger partial charge in [-0.25, -0.2) is 4.79 Å². The lowest BCUT2D eigenvalue weighted by molar-refractivity contribution is -0.136. The van der Waals surface area contributed by atoms with E-state index in [1.54, 1.807) is 87.0 Å². The number of hydrogen-bond acceptors (Lipinski definition) is 7. The van der Waals surface area contributed by atoms with Gasteiger partial charge in [0.1, 0.15) is 16.7 Å². The molecule has 3 rings (SSSR count). The van der Waals surface area contributed by atoms with Crippen LogP contribution >= 0.6 is 11.8 Å². The summed E-state index contributed by atoms with van der Waals surface area (Å²) in [6, 6.07) is 20.3. The number of benzene rings is 3. The zero-order valence-electron chi connectivity index (χ0n) is 19.7. The Morgan fingerprint density at radius 2 is 1.33 bits per heavy atom. The lowest BCUT2D eigenvalue weighted by Gasteiger charge is -2.13. The molecule has 3 aromatic rings. The summed E-state index contributed by atoms with van der Waals surface area (Å²) in [6.07, 6.45) is -0.558. The van der Waals surface area contributed by atoms with E-state index >= 15 is 0 Å². The Labute approximate surface area is 212 Å². The van der Waals surface area contributed by atoms with Gasteiger partial charge < -0.3 is 24.6 Å². The van der Waals surface area contributed by atoms with E-state index in [2.05, 4.69) is 10.6 Å². The summed E-state index contributed by atoms with van der Waals surface area (Å²) >= 11 is 1.13. The van der Waals surface area contributed by atoms with Gasteiger partial charge in [-0.05, 0) is 72.8 Å². The van der Waals surface area contributed by atoms with Crippen molar-refractivity contribution in [2.45, 2.75) is 16.6 Å². The van der Waals surface area contributed by atoms with Gasteiger partial charge in [-0.1, -0.05) is 0 Å². The summed E-state index contributed by atoms with van der Waals surface area (Å²) in [5.41, 5.74) is 1.59. The van der Waals surface area contributed by atoms with Gasteiger partial charge in [0, 0.05) is 28.3 Å². The molecule has 36 heavy (non-hydrogen) atoms. The van der Waals surface area contributed by atoms with Gasteiger partial charge in [-0.15, -0.1) is 11.8 Å². The molecule has 1 unspecified atom stereocenters. The molecule has 0 saturated carbocycles. The Morgan fingerprint density at radius 1 is 0.806 bits per heavy atom. The van der Waals surface area contributed by atoms with Gasteiger partial charge in [0.15, 0.2) is 0 Å². The third kappa shape index (κ3) is 7.95. The normalized spacial score (nSPS) is 11.2. The van der Waals surface area contributed by atoms with Crippen LogP contribution in [0.5, 0.6) is 11.5 Å². The zero-order valence-corrected chi connectivity index (χ0v) is 20.5. The number of nitrogens with one attached hydrogen (secondary N) is 2. The van der Waals surface area contributed by atoms with Crippen molar-refractivity contribution in [1.29, 1.82) is 0 Å². The predicted octanol–water partition coefficient (Wildman–Crippen LogP) is 5.14. The zero-order chi connectivity index (χ0) is 25.9. The Kier molecular flexibility index (Phi) is 9.58. The van der Waals surface area contributed by atoms with Gasteiger partial charge in [-0.3, -0.25) is 14.9 Å². The number of anilines is 2. The molecule has 3 aromatic carbocycles. The number of carbonyl (C=O) groups is 3. The fraction of sp³-hybridized carbons (Fsp3) is 0.192. The molecule has 9 nitrogen and oxygen atoms in total. The van der Waals surface area contributed by atoms with Crippen molar-refractivity contribution in [3.63, 3.8) is 0 Å². The molecule has 10 heteroatoms. The molecule has 0 aromatic heterocycles. The Morgan fingerprint density at radius 3 is 1.89 bits per heavy atom. The first-order valence-electron chi connectivity index (χ1n) is 10.9. The van der Waals surface area contributed by atoms with Crippen molar-refractivity contribution in [3.05, 3.63) is 78.4 Å². The summed E-state index contributed by atoms with van der Waals surface area (Å²) in [4.78, 5) is 36.8. The molecule has 0 aliphatic heterocycles. The van der Waals surface area contributed by atoms with Crippen molar-refractivity contribution in [2.75, 3.05) is 31.5 Å². The number of methoxy groups -OCH3 is 2. The van der Waals surface area contributed by atoms with E-state index in [0.29, 0.717) is 33.3 Å². The Hall–Kier alpha value is -4.18. The molecular weight excluding hydrogens is 484 g/mol. The van der Waals surface area contributed by atoms with E-state index in [0.717, 1.165) is 11.8 Å². The molecule has 0 spiro atoms.